The maximum absolute atomic E-state index is 9.01. The molecule has 1 N–H and O–H groups in total. The van der Waals surface area contributed by atoms with Gasteiger partial charge in [0.15, 0.2) is 5.69 Å². The highest BCUT2D eigenvalue weighted by molar-refractivity contribution is 5.53. The fraction of sp³-hybridized carbons (Fsp3) is 0.250. The third kappa shape index (κ3) is 3.11. The first kappa shape index (κ1) is 13.1. The summed E-state index contributed by atoms with van der Waals surface area (Å²) in [5, 5.41) is 12.3. The summed E-state index contributed by atoms with van der Waals surface area (Å²) >= 11 is 0. The van der Waals surface area contributed by atoms with Gasteiger partial charge in [0.25, 0.3) is 0 Å². The van der Waals surface area contributed by atoms with Crippen LogP contribution in [0.5, 0.6) is 0 Å². The molecule has 0 unspecified atom stereocenters. The molecule has 19 heavy (non-hydrogen) atoms. The average Bonchev–Trinajstić information content (AvgIpc) is 2.46. The van der Waals surface area contributed by atoms with E-state index in [1.807, 2.05) is 30.3 Å². The molecule has 0 bridgehead atoms. The Kier molecular flexibility index (Phi) is 3.82. The lowest BCUT2D eigenvalue weighted by Crippen LogP contribution is -2.27. The normalized spacial score (nSPS) is 10.8. The van der Waals surface area contributed by atoms with E-state index in [1.54, 1.807) is 6.20 Å². The molecule has 3 heteroatoms. The van der Waals surface area contributed by atoms with Gasteiger partial charge in [-0.05, 0) is 17.7 Å². The predicted molar refractivity (Wildman–Crippen MR) is 76.9 cm³/mol. The Morgan fingerprint density at radius 3 is 2.58 bits per heavy atom. The van der Waals surface area contributed by atoms with Crippen LogP contribution in [0.3, 0.4) is 0 Å². The summed E-state index contributed by atoms with van der Waals surface area (Å²) in [4.78, 5) is 4.05. The highest BCUT2D eigenvalue weighted by atomic mass is 14.9. The van der Waals surface area contributed by atoms with Gasteiger partial charge in [-0.2, -0.15) is 5.26 Å². The van der Waals surface area contributed by atoms with Gasteiger partial charge in [0.05, 0.1) is 5.69 Å². The third-order valence-electron chi connectivity index (χ3n) is 3.19. The molecule has 0 amide bonds. The van der Waals surface area contributed by atoms with Crippen LogP contribution in [0, 0.1) is 11.3 Å². The van der Waals surface area contributed by atoms with Crippen molar-refractivity contribution < 1.29 is 0 Å². The predicted octanol–water partition coefficient (Wildman–Crippen LogP) is 3.34. The van der Waals surface area contributed by atoms with Crippen molar-refractivity contribution in [2.24, 2.45) is 0 Å². The number of anilines is 1. The Morgan fingerprint density at radius 2 is 1.89 bits per heavy atom. The average molecular weight is 251 g/mol. The fourth-order valence-corrected chi connectivity index (χ4v) is 1.94. The Bertz CT molecular complexity index is 582. The minimum absolute atomic E-state index is 0.0101. The van der Waals surface area contributed by atoms with E-state index < -0.39 is 0 Å². The van der Waals surface area contributed by atoms with E-state index in [1.165, 1.54) is 5.56 Å². The monoisotopic (exact) mass is 251 g/mol. The van der Waals surface area contributed by atoms with Crippen LogP contribution in [0.1, 0.15) is 25.1 Å². The van der Waals surface area contributed by atoms with Gasteiger partial charge in [-0.1, -0.05) is 44.2 Å². The Hall–Kier alpha value is -2.34. The Labute approximate surface area is 113 Å². The molecule has 0 aliphatic carbocycles. The van der Waals surface area contributed by atoms with Crippen molar-refractivity contribution in [3.05, 3.63) is 59.9 Å². The van der Waals surface area contributed by atoms with Gasteiger partial charge in [-0.25, -0.2) is 4.98 Å². The van der Waals surface area contributed by atoms with Crippen LogP contribution < -0.4 is 5.32 Å². The molecular weight excluding hydrogens is 234 g/mol. The zero-order valence-corrected chi connectivity index (χ0v) is 11.2. The third-order valence-corrected chi connectivity index (χ3v) is 3.19. The van der Waals surface area contributed by atoms with E-state index >= 15 is 0 Å². The number of benzene rings is 1. The summed E-state index contributed by atoms with van der Waals surface area (Å²) in [6.45, 7) is 5.10. The first-order valence-corrected chi connectivity index (χ1v) is 6.28. The Morgan fingerprint density at radius 1 is 1.16 bits per heavy atom. The molecule has 1 aromatic heterocycles. The molecule has 0 radical (unpaired) electrons. The standard InChI is InChI=1S/C16H17N3/c1-16(2,13-7-4-3-5-8-13)12-19-14-9-6-10-18-15(14)11-17/h3-10,19H,12H2,1-2H3. The molecule has 1 heterocycles. The molecule has 2 rings (SSSR count). The van der Waals surface area contributed by atoms with Gasteiger partial charge in [0, 0.05) is 18.2 Å². The molecule has 2 aromatic rings. The van der Waals surface area contributed by atoms with Crippen LogP contribution in [0.15, 0.2) is 48.7 Å². The molecule has 3 nitrogen and oxygen atoms in total. The second kappa shape index (κ2) is 5.53. The summed E-state index contributed by atoms with van der Waals surface area (Å²) < 4.78 is 0. The van der Waals surface area contributed by atoms with Crippen molar-refractivity contribution >= 4 is 5.69 Å². The number of rotatable bonds is 4. The minimum Gasteiger partial charge on any atom is -0.382 e. The van der Waals surface area contributed by atoms with Crippen molar-refractivity contribution in [2.45, 2.75) is 19.3 Å². The Balaban J connectivity index is 2.12. The summed E-state index contributed by atoms with van der Waals surface area (Å²) in [7, 11) is 0. The smallest absolute Gasteiger partial charge is 0.163 e. The molecule has 0 saturated heterocycles. The zero-order valence-electron chi connectivity index (χ0n) is 11.2. The molecule has 0 aliphatic heterocycles. The highest BCUT2D eigenvalue weighted by Gasteiger charge is 2.20. The van der Waals surface area contributed by atoms with Crippen LogP contribution in [-0.4, -0.2) is 11.5 Å². The van der Waals surface area contributed by atoms with E-state index in [4.69, 9.17) is 5.26 Å². The zero-order chi connectivity index (χ0) is 13.7. The van der Waals surface area contributed by atoms with Crippen LogP contribution in [0.4, 0.5) is 5.69 Å². The molecule has 96 valence electrons. The van der Waals surface area contributed by atoms with Gasteiger partial charge >= 0.3 is 0 Å². The highest BCUT2D eigenvalue weighted by Crippen LogP contribution is 2.24. The molecule has 0 fully saturated rings. The summed E-state index contributed by atoms with van der Waals surface area (Å²) in [5.41, 5.74) is 2.48. The maximum atomic E-state index is 9.01. The fourth-order valence-electron chi connectivity index (χ4n) is 1.94. The van der Waals surface area contributed by atoms with Gasteiger partial charge in [0.1, 0.15) is 6.07 Å². The van der Waals surface area contributed by atoms with Crippen molar-refractivity contribution in [3.63, 3.8) is 0 Å². The SMILES string of the molecule is CC(C)(CNc1cccnc1C#N)c1ccccc1. The summed E-state index contributed by atoms with van der Waals surface area (Å²) in [6, 6.07) is 16.2. The van der Waals surface area contributed by atoms with E-state index in [0.29, 0.717) is 5.69 Å². The van der Waals surface area contributed by atoms with Gasteiger partial charge < -0.3 is 5.32 Å². The lowest BCUT2D eigenvalue weighted by molar-refractivity contribution is 0.557. The number of aromatic nitrogens is 1. The maximum Gasteiger partial charge on any atom is 0.163 e. The number of pyridine rings is 1. The summed E-state index contributed by atoms with van der Waals surface area (Å²) in [5.74, 6) is 0. The van der Waals surface area contributed by atoms with Crippen LogP contribution in [0.25, 0.3) is 0 Å². The van der Waals surface area contributed by atoms with E-state index in [2.05, 4.69) is 42.4 Å². The lowest BCUT2D eigenvalue weighted by Gasteiger charge is -2.26. The number of hydrogen-bond acceptors (Lipinski definition) is 3. The topological polar surface area (TPSA) is 48.7 Å². The van der Waals surface area contributed by atoms with Gasteiger partial charge in [0.2, 0.25) is 0 Å². The molecule has 0 saturated carbocycles. The quantitative estimate of drug-likeness (QED) is 0.906. The van der Waals surface area contributed by atoms with Crippen LogP contribution in [0.2, 0.25) is 0 Å². The number of nitrogens with one attached hydrogen (secondary N) is 1. The van der Waals surface area contributed by atoms with E-state index in [9.17, 15) is 0 Å². The van der Waals surface area contributed by atoms with Crippen molar-refractivity contribution in [2.75, 3.05) is 11.9 Å². The molecule has 0 atom stereocenters. The van der Waals surface area contributed by atoms with Crippen molar-refractivity contribution in [3.8, 4) is 6.07 Å². The minimum atomic E-state index is -0.0101. The van der Waals surface area contributed by atoms with Gasteiger partial charge in [-0.3, -0.25) is 0 Å². The van der Waals surface area contributed by atoms with E-state index in [0.717, 1.165) is 12.2 Å². The second-order valence-electron chi connectivity index (χ2n) is 5.11. The van der Waals surface area contributed by atoms with Crippen molar-refractivity contribution in [1.29, 1.82) is 5.26 Å². The molecule has 1 aromatic carbocycles. The first-order valence-electron chi connectivity index (χ1n) is 6.28. The largest absolute Gasteiger partial charge is 0.382 e. The second-order valence-corrected chi connectivity index (χ2v) is 5.11. The van der Waals surface area contributed by atoms with Crippen LogP contribution >= 0.6 is 0 Å². The van der Waals surface area contributed by atoms with Gasteiger partial charge in [-0.15, -0.1) is 0 Å². The van der Waals surface area contributed by atoms with E-state index in [-0.39, 0.29) is 5.41 Å². The molecule has 0 aliphatic rings. The molecular formula is C16H17N3. The van der Waals surface area contributed by atoms with Crippen LogP contribution in [-0.2, 0) is 5.41 Å². The summed E-state index contributed by atoms with van der Waals surface area (Å²) in [6.07, 6.45) is 1.63. The first-order chi connectivity index (χ1) is 9.13. The number of nitrogens with zero attached hydrogens (tertiary/aromatic N) is 2. The molecule has 0 spiro atoms. The van der Waals surface area contributed by atoms with Crippen molar-refractivity contribution in [1.82, 2.24) is 4.98 Å². The lowest BCUT2D eigenvalue weighted by atomic mass is 9.84. The number of nitriles is 1. The number of hydrogen-bond donors (Lipinski definition) is 1.